The van der Waals surface area contributed by atoms with E-state index in [9.17, 15) is 14.7 Å². The molecule has 0 saturated heterocycles. The van der Waals surface area contributed by atoms with Crippen molar-refractivity contribution in [1.29, 1.82) is 0 Å². The molecule has 1 aromatic carbocycles. The van der Waals surface area contributed by atoms with Crippen LogP contribution < -0.4 is 0 Å². The molecule has 1 aromatic heterocycles. The van der Waals surface area contributed by atoms with Crippen LogP contribution in [0.15, 0.2) is 18.2 Å². The summed E-state index contributed by atoms with van der Waals surface area (Å²) in [6, 6.07) is 4.72. The summed E-state index contributed by atoms with van der Waals surface area (Å²) in [6.45, 7) is 5.72. The molecule has 1 N–H and O–H groups in total. The highest BCUT2D eigenvalue weighted by molar-refractivity contribution is 5.99. The minimum absolute atomic E-state index is 0.0683. The third-order valence-electron chi connectivity index (χ3n) is 3.86. The van der Waals surface area contributed by atoms with Crippen LogP contribution >= 0.6 is 0 Å². The molecule has 1 atom stereocenters. The van der Waals surface area contributed by atoms with Gasteiger partial charge in [-0.3, -0.25) is 4.79 Å². The van der Waals surface area contributed by atoms with Crippen molar-refractivity contribution in [2.45, 2.75) is 52.5 Å². The molecule has 5 nitrogen and oxygen atoms in total. The molecule has 0 bridgehead atoms. The van der Waals surface area contributed by atoms with Gasteiger partial charge in [0.15, 0.2) is 5.78 Å². The van der Waals surface area contributed by atoms with E-state index >= 15 is 0 Å². The van der Waals surface area contributed by atoms with Gasteiger partial charge < -0.3 is 9.67 Å². The van der Waals surface area contributed by atoms with E-state index in [4.69, 9.17) is 0 Å². The van der Waals surface area contributed by atoms with Crippen LogP contribution in [-0.2, 0) is 11.2 Å². The number of hydrogen-bond acceptors (Lipinski definition) is 3. The van der Waals surface area contributed by atoms with Crippen molar-refractivity contribution in [3.05, 3.63) is 29.6 Å². The van der Waals surface area contributed by atoms with Crippen LogP contribution in [-0.4, -0.2) is 26.4 Å². The van der Waals surface area contributed by atoms with Gasteiger partial charge in [0.1, 0.15) is 11.9 Å². The number of benzene rings is 1. The van der Waals surface area contributed by atoms with Gasteiger partial charge in [0.05, 0.1) is 11.0 Å². The summed E-state index contributed by atoms with van der Waals surface area (Å²) in [5.41, 5.74) is 2.11. The minimum Gasteiger partial charge on any atom is -0.480 e. The molecule has 2 rings (SSSR count). The van der Waals surface area contributed by atoms with Gasteiger partial charge in [0.2, 0.25) is 0 Å². The molecule has 1 unspecified atom stereocenters. The number of aromatic nitrogens is 2. The van der Waals surface area contributed by atoms with Gasteiger partial charge in [0.25, 0.3) is 0 Å². The third kappa shape index (κ3) is 2.89. The highest BCUT2D eigenvalue weighted by Gasteiger charge is 2.23. The molecule has 0 saturated carbocycles. The number of aryl methyl sites for hydroxylation is 1. The van der Waals surface area contributed by atoms with E-state index in [0.29, 0.717) is 23.9 Å². The van der Waals surface area contributed by atoms with Gasteiger partial charge in [-0.25, -0.2) is 9.78 Å². The van der Waals surface area contributed by atoms with Crippen molar-refractivity contribution in [2.24, 2.45) is 0 Å². The summed E-state index contributed by atoms with van der Waals surface area (Å²) in [5.74, 6) is -0.0144. The zero-order valence-electron chi connectivity index (χ0n) is 13.3. The zero-order valence-corrected chi connectivity index (χ0v) is 13.3. The summed E-state index contributed by atoms with van der Waals surface area (Å²) in [5, 5.41) is 9.48. The Kier molecular flexibility index (Phi) is 4.96. The lowest BCUT2D eigenvalue weighted by molar-refractivity contribution is -0.140. The first-order valence-electron chi connectivity index (χ1n) is 7.80. The lowest BCUT2D eigenvalue weighted by Gasteiger charge is -2.16. The molecule has 0 aliphatic rings. The van der Waals surface area contributed by atoms with E-state index < -0.39 is 12.0 Å². The molecule has 0 aliphatic carbocycles. The Balaban J connectivity index is 2.64. The number of hydrogen-bond donors (Lipinski definition) is 1. The number of ketones is 1. The van der Waals surface area contributed by atoms with E-state index in [-0.39, 0.29) is 5.78 Å². The van der Waals surface area contributed by atoms with Gasteiger partial charge in [-0.1, -0.05) is 20.8 Å². The van der Waals surface area contributed by atoms with E-state index in [1.807, 2.05) is 26.8 Å². The number of fused-ring (bicyclic) bond motifs is 1. The van der Waals surface area contributed by atoms with Gasteiger partial charge in [-0.05, 0) is 31.0 Å². The summed E-state index contributed by atoms with van der Waals surface area (Å²) in [7, 11) is 0. The summed E-state index contributed by atoms with van der Waals surface area (Å²) in [4.78, 5) is 28.0. The number of carbonyl (C=O) groups is 2. The quantitative estimate of drug-likeness (QED) is 0.793. The van der Waals surface area contributed by atoms with Crippen LogP contribution in [0.4, 0.5) is 0 Å². The van der Waals surface area contributed by atoms with E-state index in [1.54, 1.807) is 16.7 Å². The largest absolute Gasteiger partial charge is 0.480 e. The Morgan fingerprint density at radius 3 is 2.55 bits per heavy atom. The average Bonchev–Trinajstić information content (AvgIpc) is 2.85. The standard InChI is InChI=1S/C17H22N2O3/c1-4-7-16-18-12-10-11(15(20)6-3)8-9-14(12)19(16)13(5-2)17(21)22/h8-10,13H,4-7H2,1-3H3,(H,21,22). The first kappa shape index (κ1) is 16.2. The second kappa shape index (κ2) is 6.73. The fourth-order valence-corrected chi connectivity index (χ4v) is 2.74. The number of aliphatic carboxylic acids is 1. The number of carboxylic acid groups (broad SMARTS) is 1. The maximum absolute atomic E-state index is 11.8. The Morgan fingerprint density at radius 2 is 2.00 bits per heavy atom. The van der Waals surface area contributed by atoms with Crippen LogP contribution in [0.3, 0.4) is 0 Å². The Morgan fingerprint density at radius 1 is 1.27 bits per heavy atom. The Hall–Kier alpha value is -2.17. The second-order valence-corrected chi connectivity index (χ2v) is 5.39. The highest BCUT2D eigenvalue weighted by atomic mass is 16.4. The number of Topliss-reactive ketones (excluding diaryl/α,β-unsaturated/α-hetero) is 1. The van der Waals surface area contributed by atoms with Crippen LogP contribution in [0.5, 0.6) is 0 Å². The summed E-state index contributed by atoms with van der Waals surface area (Å²) < 4.78 is 1.81. The monoisotopic (exact) mass is 302 g/mol. The molecular weight excluding hydrogens is 280 g/mol. The molecule has 0 fully saturated rings. The molecule has 0 amide bonds. The topological polar surface area (TPSA) is 72.2 Å². The lowest BCUT2D eigenvalue weighted by atomic mass is 10.1. The van der Waals surface area contributed by atoms with Crippen molar-refractivity contribution >= 4 is 22.8 Å². The summed E-state index contributed by atoms with van der Waals surface area (Å²) in [6.07, 6.45) is 2.55. The molecule has 0 aliphatic heterocycles. The number of rotatable bonds is 7. The molecule has 118 valence electrons. The van der Waals surface area contributed by atoms with Crippen molar-refractivity contribution in [3.63, 3.8) is 0 Å². The van der Waals surface area contributed by atoms with Crippen molar-refractivity contribution in [2.75, 3.05) is 0 Å². The van der Waals surface area contributed by atoms with E-state index in [1.165, 1.54) is 0 Å². The highest BCUT2D eigenvalue weighted by Crippen LogP contribution is 2.25. The molecule has 5 heteroatoms. The van der Waals surface area contributed by atoms with Crippen LogP contribution in [0.1, 0.15) is 62.3 Å². The van der Waals surface area contributed by atoms with Crippen molar-refractivity contribution in [3.8, 4) is 0 Å². The van der Waals surface area contributed by atoms with Crippen LogP contribution in [0.25, 0.3) is 11.0 Å². The van der Waals surface area contributed by atoms with Gasteiger partial charge in [-0.15, -0.1) is 0 Å². The predicted molar refractivity (Wildman–Crippen MR) is 85.3 cm³/mol. The minimum atomic E-state index is -0.854. The molecular formula is C17H22N2O3. The van der Waals surface area contributed by atoms with Crippen molar-refractivity contribution < 1.29 is 14.7 Å². The normalized spacial score (nSPS) is 12.5. The third-order valence-corrected chi connectivity index (χ3v) is 3.86. The fourth-order valence-electron chi connectivity index (χ4n) is 2.74. The maximum atomic E-state index is 11.8. The number of carboxylic acids is 1. The second-order valence-electron chi connectivity index (χ2n) is 5.39. The first-order chi connectivity index (χ1) is 10.5. The maximum Gasteiger partial charge on any atom is 0.326 e. The first-order valence-corrected chi connectivity index (χ1v) is 7.80. The van der Waals surface area contributed by atoms with E-state index in [2.05, 4.69) is 4.98 Å². The Bertz CT molecular complexity index is 703. The van der Waals surface area contributed by atoms with Gasteiger partial charge in [0, 0.05) is 18.4 Å². The lowest BCUT2D eigenvalue weighted by Crippen LogP contribution is -2.20. The van der Waals surface area contributed by atoms with Crippen LogP contribution in [0, 0.1) is 0 Å². The van der Waals surface area contributed by atoms with E-state index in [0.717, 1.165) is 24.2 Å². The molecule has 22 heavy (non-hydrogen) atoms. The predicted octanol–water partition coefficient (Wildman–Crippen LogP) is 3.62. The number of carbonyl (C=O) groups excluding carboxylic acids is 1. The van der Waals surface area contributed by atoms with Gasteiger partial charge >= 0.3 is 5.97 Å². The Labute approximate surface area is 130 Å². The molecule has 0 spiro atoms. The average molecular weight is 302 g/mol. The van der Waals surface area contributed by atoms with Crippen LogP contribution in [0.2, 0.25) is 0 Å². The molecule has 2 aromatic rings. The van der Waals surface area contributed by atoms with Gasteiger partial charge in [-0.2, -0.15) is 0 Å². The number of nitrogens with zero attached hydrogens (tertiary/aromatic N) is 2. The van der Waals surface area contributed by atoms with Crippen molar-refractivity contribution in [1.82, 2.24) is 9.55 Å². The molecule has 0 radical (unpaired) electrons. The fraction of sp³-hybridized carbons (Fsp3) is 0.471. The SMILES string of the molecule is CCCc1nc2cc(C(=O)CC)ccc2n1C(CC)C(=O)O. The smallest absolute Gasteiger partial charge is 0.326 e. The summed E-state index contributed by atoms with van der Waals surface area (Å²) >= 11 is 0. The zero-order chi connectivity index (χ0) is 16.3. The number of imidazole rings is 1. The molecule has 1 heterocycles.